The monoisotopic (exact) mass is 410 g/mol. The van der Waals surface area contributed by atoms with Crippen LogP contribution in [0.1, 0.15) is 48.0 Å². The lowest BCUT2D eigenvalue weighted by atomic mass is 10.1. The summed E-state index contributed by atoms with van der Waals surface area (Å²) in [5.74, 6) is 0.442. The van der Waals surface area contributed by atoms with Gasteiger partial charge in [0.2, 0.25) is 5.91 Å². The fourth-order valence-electron chi connectivity index (χ4n) is 4.37. The first kappa shape index (κ1) is 20.4. The van der Waals surface area contributed by atoms with E-state index in [0.29, 0.717) is 30.3 Å². The number of benzene rings is 2. The predicted molar refractivity (Wildman–Crippen MR) is 112 cm³/mol. The first-order chi connectivity index (χ1) is 14.6. The van der Waals surface area contributed by atoms with E-state index in [9.17, 15) is 14.0 Å². The van der Waals surface area contributed by atoms with Crippen molar-refractivity contribution in [2.24, 2.45) is 5.92 Å². The Morgan fingerprint density at radius 3 is 2.73 bits per heavy atom. The lowest BCUT2D eigenvalue weighted by Crippen LogP contribution is -2.36. The number of nitrogens with one attached hydrogen (secondary N) is 1. The standard InChI is InChI=1S/C24H27FN2O3/c25-20-7-3-5-17(11-20)16-30-22-10-4-6-19(13-22)24(29)26-14-18-12-23(28)27(15-18)21-8-1-2-9-21/h3-7,10-11,13,18,21H,1-2,8-9,12,14-16H2,(H,26,29). The Morgan fingerprint density at radius 1 is 1.13 bits per heavy atom. The van der Waals surface area contributed by atoms with Gasteiger partial charge in [0.1, 0.15) is 18.2 Å². The zero-order valence-electron chi connectivity index (χ0n) is 17.0. The molecule has 4 rings (SSSR count). The summed E-state index contributed by atoms with van der Waals surface area (Å²) in [7, 11) is 0. The molecule has 1 saturated carbocycles. The van der Waals surface area contributed by atoms with Gasteiger partial charge in [-0.05, 0) is 48.7 Å². The van der Waals surface area contributed by atoms with Crippen LogP contribution in [0.3, 0.4) is 0 Å². The number of carbonyl (C=O) groups excluding carboxylic acids is 2. The normalized spacial score (nSPS) is 19.3. The van der Waals surface area contributed by atoms with Crippen LogP contribution in [0, 0.1) is 11.7 Å². The van der Waals surface area contributed by atoms with Crippen molar-refractivity contribution in [1.82, 2.24) is 10.2 Å². The van der Waals surface area contributed by atoms with Crippen LogP contribution in [0.4, 0.5) is 4.39 Å². The number of hydrogen-bond acceptors (Lipinski definition) is 3. The summed E-state index contributed by atoms with van der Waals surface area (Å²) in [4.78, 5) is 26.9. The SMILES string of the molecule is O=C(NCC1CC(=O)N(C2CCCC2)C1)c1cccc(OCc2cccc(F)c2)c1. The van der Waals surface area contributed by atoms with Crippen molar-refractivity contribution in [3.05, 3.63) is 65.5 Å². The lowest BCUT2D eigenvalue weighted by Gasteiger charge is -2.24. The Labute approximate surface area is 176 Å². The molecular weight excluding hydrogens is 383 g/mol. The number of amides is 2. The van der Waals surface area contributed by atoms with Gasteiger partial charge in [-0.15, -0.1) is 0 Å². The highest BCUT2D eigenvalue weighted by molar-refractivity contribution is 5.94. The number of carbonyl (C=O) groups is 2. The van der Waals surface area contributed by atoms with Gasteiger partial charge in [-0.2, -0.15) is 0 Å². The first-order valence-electron chi connectivity index (χ1n) is 10.6. The highest BCUT2D eigenvalue weighted by atomic mass is 19.1. The number of likely N-dealkylation sites (tertiary alicyclic amines) is 1. The minimum absolute atomic E-state index is 0.162. The molecule has 0 radical (unpaired) electrons. The Morgan fingerprint density at radius 2 is 1.93 bits per heavy atom. The van der Waals surface area contributed by atoms with Gasteiger partial charge in [-0.1, -0.05) is 31.0 Å². The van der Waals surface area contributed by atoms with Gasteiger partial charge < -0.3 is 15.0 Å². The highest BCUT2D eigenvalue weighted by Gasteiger charge is 2.35. The summed E-state index contributed by atoms with van der Waals surface area (Å²) >= 11 is 0. The predicted octanol–water partition coefficient (Wildman–Crippen LogP) is 3.93. The van der Waals surface area contributed by atoms with Gasteiger partial charge in [0.15, 0.2) is 0 Å². The van der Waals surface area contributed by atoms with Crippen LogP contribution in [0.2, 0.25) is 0 Å². The summed E-state index contributed by atoms with van der Waals surface area (Å²) in [6, 6.07) is 13.6. The van der Waals surface area contributed by atoms with E-state index >= 15 is 0 Å². The Balaban J connectivity index is 1.28. The van der Waals surface area contributed by atoms with Crippen LogP contribution in [-0.4, -0.2) is 35.8 Å². The maximum atomic E-state index is 13.3. The molecule has 2 aliphatic rings. The minimum Gasteiger partial charge on any atom is -0.489 e. The van der Waals surface area contributed by atoms with Gasteiger partial charge in [-0.25, -0.2) is 4.39 Å². The molecule has 2 amide bonds. The maximum absolute atomic E-state index is 13.3. The van der Waals surface area contributed by atoms with Crippen LogP contribution in [0.15, 0.2) is 48.5 Å². The lowest BCUT2D eigenvalue weighted by molar-refractivity contribution is -0.129. The van der Waals surface area contributed by atoms with E-state index in [1.54, 1.807) is 36.4 Å². The maximum Gasteiger partial charge on any atom is 0.251 e. The second-order valence-electron chi connectivity index (χ2n) is 8.21. The molecule has 1 aliphatic carbocycles. The molecule has 158 valence electrons. The Kier molecular flexibility index (Phi) is 6.31. The third kappa shape index (κ3) is 4.99. The second-order valence-corrected chi connectivity index (χ2v) is 8.21. The van der Waals surface area contributed by atoms with E-state index in [1.165, 1.54) is 25.0 Å². The molecule has 6 heteroatoms. The van der Waals surface area contributed by atoms with Crippen LogP contribution in [0.5, 0.6) is 5.75 Å². The molecule has 2 aromatic carbocycles. The fourth-order valence-corrected chi connectivity index (χ4v) is 4.37. The highest BCUT2D eigenvalue weighted by Crippen LogP contribution is 2.29. The summed E-state index contributed by atoms with van der Waals surface area (Å²) in [6.45, 7) is 1.45. The third-order valence-corrected chi connectivity index (χ3v) is 5.95. The summed E-state index contributed by atoms with van der Waals surface area (Å²) < 4.78 is 19.0. The summed E-state index contributed by atoms with van der Waals surface area (Å²) in [5, 5.41) is 2.96. The Bertz CT molecular complexity index is 911. The zero-order valence-corrected chi connectivity index (χ0v) is 17.0. The number of ether oxygens (including phenoxy) is 1. The minimum atomic E-state index is -0.305. The van der Waals surface area contributed by atoms with Crippen molar-refractivity contribution in [3.63, 3.8) is 0 Å². The quantitative estimate of drug-likeness (QED) is 0.753. The molecule has 1 saturated heterocycles. The van der Waals surface area contributed by atoms with Crippen molar-refractivity contribution in [2.75, 3.05) is 13.1 Å². The number of nitrogens with zero attached hydrogens (tertiary/aromatic N) is 1. The van der Waals surface area contributed by atoms with Crippen LogP contribution < -0.4 is 10.1 Å². The molecule has 0 aromatic heterocycles. The van der Waals surface area contributed by atoms with Crippen molar-refractivity contribution < 1.29 is 18.7 Å². The molecule has 2 aromatic rings. The van der Waals surface area contributed by atoms with E-state index in [0.717, 1.165) is 24.9 Å². The van der Waals surface area contributed by atoms with E-state index in [2.05, 4.69) is 5.32 Å². The van der Waals surface area contributed by atoms with Crippen LogP contribution in [-0.2, 0) is 11.4 Å². The van der Waals surface area contributed by atoms with E-state index in [-0.39, 0.29) is 30.2 Å². The average molecular weight is 410 g/mol. The number of hydrogen-bond donors (Lipinski definition) is 1. The molecule has 1 heterocycles. The molecule has 1 atom stereocenters. The first-order valence-corrected chi connectivity index (χ1v) is 10.6. The largest absolute Gasteiger partial charge is 0.489 e. The molecule has 0 spiro atoms. The van der Waals surface area contributed by atoms with E-state index in [1.807, 2.05) is 4.90 Å². The Hall–Kier alpha value is -2.89. The van der Waals surface area contributed by atoms with Crippen molar-refractivity contribution >= 4 is 11.8 Å². The van der Waals surface area contributed by atoms with Gasteiger partial charge >= 0.3 is 0 Å². The molecule has 1 N–H and O–H groups in total. The van der Waals surface area contributed by atoms with Crippen molar-refractivity contribution in [1.29, 1.82) is 0 Å². The summed E-state index contributed by atoms with van der Waals surface area (Å²) in [6.07, 6.45) is 5.12. The van der Waals surface area contributed by atoms with E-state index in [4.69, 9.17) is 4.74 Å². The second kappa shape index (κ2) is 9.28. The van der Waals surface area contributed by atoms with Gasteiger partial charge in [-0.3, -0.25) is 9.59 Å². The van der Waals surface area contributed by atoms with Crippen LogP contribution in [0.25, 0.3) is 0 Å². The smallest absolute Gasteiger partial charge is 0.251 e. The van der Waals surface area contributed by atoms with Crippen LogP contribution >= 0.6 is 0 Å². The molecule has 30 heavy (non-hydrogen) atoms. The molecule has 1 aliphatic heterocycles. The molecular formula is C24H27FN2O3. The number of halogens is 1. The van der Waals surface area contributed by atoms with Gasteiger partial charge in [0, 0.05) is 37.0 Å². The van der Waals surface area contributed by atoms with E-state index < -0.39 is 0 Å². The fraction of sp³-hybridized carbons (Fsp3) is 0.417. The van der Waals surface area contributed by atoms with Gasteiger partial charge in [0.25, 0.3) is 5.91 Å². The number of rotatable bonds is 7. The molecule has 5 nitrogen and oxygen atoms in total. The van der Waals surface area contributed by atoms with Gasteiger partial charge in [0.05, 0.1) is 0 Å². The third-order valence-electron chi connectivity index (χ3n) is 5.95. The molecule has 1 unspecified atom stereocenters. The zero-order chi connectivity index (χ0) is 20.9. The average Bonchev–Trinajstić information content (AvgIpc) is 3.40. The van der Waals surface area contributed by atoms with Crippen molar-refractivity contribution in [3.8, 4) is 5.75 Å². The summed E-state index contributed by atoms with van der Waals surface area (Å²) in [5.41, 5.74) is 1.23. The van der Waals surface area contributed by atoms with Crippen molar-refractivity contribution in [2.45, 2.75) is 44.8 Å². The molecule has 2 fully saturated rings. The molecule has 0 bridgehead atoms. The topological polar surface area (TPSA) is 58.6 Å².